The Hall–Kier alpha value is -3.84. The second-order valence-electron chi connectivity index (χ2n) is 14.4. The van der Waals surface area contributed by atoms with Crippen molar-refractivity contribution < 1.29 is 18.6 Å². The molecule has 0 spiro atoms. The van der Waals surface area contributed by atoms with Crippen molar-refractivity contribution in [1.82, 2.24) is 29.3 Å². The third-order valence-corrected chi connectivity index (χ3v) is 14.8. The van der Waals surface area contributed by atoms with Crippen molar-refractivity contribution in [2.75, 3.05) is 44.7 Å². The van der Waals surface area contributed by atoms with Gasteiger partial charge in [-0.25, -0.2) is 9.67 Å². The average molecular weight is 663 g/mol. The molecule has 6 rings (SSSR count). The Labute approximate surface area is 278 Å². The predicted octanol–water partition coefficient (Wildman–Crippen LogP) is 6.88. The van der Waals surface area contributed by atoms with E-state index in [4.69, 9.17) is 33.7 Å². The Kier molecular flexibility index (Phi) is 9.14. The van der Waals surface area contributed by atoms with Gasteiger partial charge in [0.1, 0.15) is 12.1 Å². The SMILES string of the molecule is COc1cc(-n2cnc(Nc3nc(N4CCC[C@H]4CO[Si](C)(C)C(C)(C)C)c4c(C)nn(CC5CCC5)c4n3)c2)cc(OC)c1OC. The van der Waals surface area contributed by atoms with Gasteiger partial charge in [0.05, 0.1) is 56.9 Å². The molecule has 0 amide bonds. The smallest absolute Gasteiger partial charge is 0.232 e. The number of nitrogens with zero attached hydrogens (tertiary/aromatic N) is 7. The number of imidazole rings is 1. The van der Waals surface area contributed by atoms with Crippen LogP contribution in [-0.4, -0.2) is 78.1 Å². The van der Waals surface area contributed by atoms with E-state index in [1.54, 1.807) is 27.7 Å². The third-order valence-electron chi connectivity index (χ3n) is 10.3. The van der Waals surface area contributed by atoms with Crippen LogP contribution in [0.1, 0.15) is 58.6 Å². The molecule has 1 aromatic carbocycles. The van der Waals surface area contributed by atoms with Crippen molar-refractivity contribution >= 4 is 36.9 Å². The molecule has 0 bridgehead atoms. The maximum Gasteiger partial charge on any atom is 0.232 e. The molecule has 1 saturated heterocycles. The molecule has 13 heteroatoms. The van der Waals surface area contributed by atoms with Gasteiger partial charge in [-0.1, -0.05) is 27.2 Å². The van der Waals surface area contributed by atoms with Gasteiger partial charge >= 0.3 is 0 Å². The Morgan fingerprint density at radius 3 is 2.32 bits per heavy atom. The van der Waals surface area contributed by atoms with Gasteiger partial charge in [-0.2, -0.15) is 15.1 Å². The minimum absolute atomic E-state index is 0.153. The van der Waals surface area contributed by atoms with Gasteiger partial charge in [0, 0.05) is 25.2 Å². The van der Waals surface area contributed by atoms with Crippen LogP contribution in [0, 0.1) is 12.8 Å². The number of methoxy groups -OCH3 is 3. The lowest BCUT2D eigenvalue weighted by Gasteiger charge is -2.38. The molecule has 4 aromatic rings. The van der Waals surface area contributed by atoms with Crippen LogP contribution in [0.25, 0.3) is 16.7 Å². The monoisotopic (exact) mass is 662 g/mol. The van der Waals surface area contributed by atoms with Crippen LogP contribution >= 0.6 is 0 Å². The van der Waals surface area contributed by atoms with Gasteiger partial charge < -0.3 is 33.4 Å². The lowest BCUT2D eigenvalue weighted by Crippen LogP contribution is -2.45. The van der Waals surface area contributed by atoms with Crippen molar-refractivity contribution in [3.63, 3.8) is 0 Å². The van der Waals surface area contributed by atoms with Gasteiger partial charge in [0.15, 0.2) is 31.3 Å². The van der Waals surface area contributed by atoms with Crippen LogP contribution in [0.4, 0.5) is 17.6 Å². The van der Waals surface area contributed by atoms with Crippen LogP contribution < -0.4 is 24.4 Å². The zero-order valence-electron chi connectivity index (χ0n) is 29.4. The van der Waals surface area contributed by atoms with E-state index in [1.807, 2.05) is 22.9 Å². The van der Waals surface area contributed by atoms with Crippen molar-refractivity contribution in [2.24, 2.45) is 5.92 Å². The molecule has 1 aliphatic heterocycles. The molecule has 47 heavy (non-hydrogen) atoms. The molecule has 1 saturated carbocycles. The van der Waals surface area contributed by atoms with Gasteiger partial charge in [0.25, 0.3) is 0 Å². The highest BCUT2D eigenvalue weighted by Crippen LogP contribution is 2.41. The molecule has 1 aliphatic carbocycles. The van der Waals surface area contributed by atoms with Crippen molar-refractivity contribution in [3.05, 3.63) is 30.4 Å². The molecular weight excluding hydrogens is 613 g/mol. The summed E-state index contributed by atoms with van der Waals surface area (Å²) < 4.78 is 27.4. The number of nitrogens with one attached hydrogen (secondary N) is 1. The molecule has 2 fully saturated rings. The highest BCUT2D eigenvalue weighted by atomic mass is 28.4. The summed E-state index contributed by atoms with van der Waals surface area (Å²) >= 11 is 0. The molecular formula is C34H50N8O4Si. The standard InChI is InChI=1S/C34H50N8O4Si/c1-22-29-31(41-15-11-14-24(41)20-46-47(8,9)34(2,3)4)37-33(38-32(29)42(39-22)18-23-12-10-13-23)36-28-19-40(21-35-28)25-16-26(43-5)30(45-7)27(17-25)44-6/h16-17,19,21,23-24H,10-15,18,20H2,1-9H3,(H,36,37,38)/t24-/m0/s1. The summed E-state index contributed by atoms with van der Waals surface area (Å²) in [5.74, 6) is 4.33. The summed E-state index contributed by atoms with van der Waals surface area (Å²) in [5.41, 5.74) is 2.64. The first-order valence-corrected chi connectivity index (χ1v) is 19.6. The van der Waals surface area contributed by atoms with Gasteiger partial charge in [-0.3, -0.25) is 0 Å². The average Bonchev–Trinajstić information content (AvgIpc) is 3.75. The van der Waals surface area contributed by atoms with E-state index < -0.39 is 8.32 Å². The van der Waals surface area contributed by atoms with Crippen molar-refractivity contribution in [1.29, 1.82) is 0 Å². The van der Waals surface area contributed by atoms with Gasteiger partial charge in [0.2, 0.25) is 11.7 Å². The van der Waals surface area contributed by atoms with E-state index in [-0.39, 0.29) is 11.1 Å². The first-order chi connectivity index (χ1) is 22.4. The Balaban J connectivity index is 1.35. The molecule has 1 N–H and O–H groups in total. The van der Waals surface area contributed by atoms with E-state index in [1.165, 1.54) is 19.3 Å². The van der Waals surface area contributed by atoms with Gasteiger partial charge in [-0.05, 0) is 56.7 Å². The molecule has 0 unspecified atom stereocenters. The fraction of sp³-hybridized carbons (Fsp3) is 0.588. The Morgan fingerprint density at radius 1 is 0.979 bits per heavy atom. The normalized spacial score (nSPS) is 17.3. The molecule has 4 heterocycles. The fourth-order valence-electron chi connectivity index (χ4n) is 6.21. The second-order valence-corrected chi connectivity index (χ2v) is 19.2. The summed E-state index contributed by atoms with van der Waals surface area (Å²) in [6, 6.07) is 4.01. The largest absolute Gasteiger partial charge is 0.493 e. The highest BCUT2D eigenvalue weighted by molar-refractivity contribution is 6.74. The maximum absolute atomic E-state index is 6.75. The molecule has 3 aromatic heterocycles. The predicted molar refractivity (Wildman–Crippen MR) is 187 cm³/mol. The number of ether oxygens (including phenoxy) is 3. The molecule has 1 atom stereocenters. The van der Waals surface area contributed by atoms with Crippen LogP contribution in [0.15, 0.2) is 24.7 Å². The number of fused-ring (bicyclic) bond motifs is 1. The van der Waals surface area contributed by atoms with E-state index in [2.05, 4.69) is 60.7 Å². The number of hydrogen-bond acceptors (Lipinski definition) is 10. The van der Waals surface area contributed by atoms with Crippen LogP contribution in [-0.2, 0) is 11.0 Å². The number of aromatic nitrogens is 6. The van der Waals surface area contributed by atoms with Crippen LogP contribution in [0.5, 0.6) is 17.2 Å². The van der Waals surface area contributed by atoms with Crippen molar-refractivity contribution in [3.8, 4) is 22.9 Å². The Bertz CT molecular complexity index is 1700. The summed E-state index contributed by atoms with van der Waals surface area (Å²) in [6.45, 7) is 16.1. The van der Waals surface area contributed by atoms with Crippen LogP contribution in [0.3, 0.4) is 0 Å². The first-order valence-electron chi connectivity index (χ1n) is 16.7. The topological polar surface area (TPSA) is 114 Å². The number of aryl methyl sites for hydroxylation is 1. The lowest BCUT2D eigenvalue weighted by atomic mass is 9.85. The zero-order valence-corrected chi connectivity index (χ0v) is 30.4. The second kappa shape index (κ2) is 13.0. The lowest BCUT2D eigenvalue weighted by molar-refractivity contribution is 0.263. The molecule has 254 valence electrons. The van der Waals surface area contributed by atoms with Crippen molar-refractivity contribution in [2.45, 2.75) is 90.5 Å². The summed E-state index contributed by atoms with van der Waals surface area (Å²) in [4.78, 5) is 17.3. The zero-order chi connectivity index (χ0) is 33.5. The molecule has 12 nitrogen and oxygen atoms in total. The number of rotatable bonds is 12. The fourth-order valence-corrected chi connectivity index (χ4v) is 7.25. The maximum atomic E-state index is 6.75. The van der Waals surface area contributed by atoms with E-state index in [9.17, 15) is 0 Å². The minimum Gasteiger partial charge on any atom is -0.493 e. The van der Waals surface area contributed by atoms with E-state index >= 15 is 0 Å². The first kappa shape index (κ1) is 33.1. The van der Waals surface area contributed by atoms with E-state index in [0.717, 1.165) is 54.2 Å². The van der Waals surface area contributed by atoms with Gasteiger partial charge in [-0.15, -0.1) is 0 Å². The van der Waals surface area contributed by atoms with E-state index in [0.29, 0.717) is 41.5 Å². The summed E-state index contributed by atoms with van der Waals surface area (Å²) in [7, 11) is 2.90. The molecule has 0 radical (unpaired) electrons. The highest BCUT2D eigenvalue weighted by Gasteiger charge is 2.39. The van der Waals surface area contributed by atoms with Crippen LogP contribution in [0.2, 0.25) is 18.1 Å². The quantitative estimate of drug-likeness (QED) is 0.161. The minimum atomic E-state index is -1.91. The number of benzene rings is 1. The third kappa shape index (κ3) is 6.51. The number of anilines is 3. The number of hydrogen-bond donors (Lipinski definition) is 1. The summed E-state index contributed by atoms with van der Waals surface area (Å²) in [5, 5.41) is 9.59. The summed E-state index contributed by atoms with van der Waals surface area (Å²) in [6.07, 6.45) is 9.56. The molecule has 2 aliphatic rings. The Morgan fingerprint density at radius 2 is 1.70 bits per heavy atom.